The van der Waals surface area contributed by atoms with Crippen molar-refractivity contribution in [1.29, 1.82) is 0 Å². The van der Waals surface area contributed by atoms with Gasteiger partial charge in [0.25, 0.3) is 11.8 Å². The van der Waals surface area contributed by atoms with Gasteiger partial charge >= 0.3 is 0 Å². The molecule has 6 aromatic rings. The summed E-state index contributed by atoms with van der Waals surface area (Å²) in [6.45, 7) is 5.85. The van der Waals surface area contributed by atoms with Gasteiger partial charge < -0.3 is 20.1 Å². The molecule has 0 atom stereocenters. The molecule has 0 radical (unpaired) electrons. The van der Waals surface area contributed by atoms with E-state index < -0.39 is 11.6 Å². The van der Waals surface area contributed by atoms with Crippen molar-refractivity contribution in [3.8, 4) is 11.5 Å². The summed E-state index contributed by atoms with van der Waals surface area (Å²) in [6, 6.07) is 19.5. The Bertz CT molecular complexity index is 2440. The van der Waals surface area contributed by atoms with Crippen LogP contribution in [0.5, 0.6) is 11.5 Å². The smallest absolute Gasteiger partial charge is 0.262 e. The van der Waals surface area contributed by atoms with E-state index in [1.165, 1.54) is 47.6 Å². The van der Waals surface area contributed by atoms with Crippen LogP contribution in [0.3, 0.4) is 0 Å². The third-order valence-electron chi connectivity index (χ3n) is 9.13. The molecule has 2 heterocycles. The number of fused-ring (bicyclic) bond motifs is 2. The lowest BCUT2D eigenvalue weighted by molar-refractivity contribution is -0.121. The van der Waals surface area contributed by atoms with Crippen molar-refractivity contribution >= 4 is 77.3 Å². The van der Waals surface area contributed by atoms with Crippen LogP contribution in [0.25, 0.3) is 21.8 Å². The van der Waals surface area contributed by atoms with Crippen molar-refractivity contribution in [2.45, 2.75) is 33.6 Å². The van der Waals surface area contributed by atoms with E-state index in [1.807, 2.05) is 6.92 Å². The van der Waals surface area contributed by atoms with Crippen molar-refractivity contribution in [3.05, 3.63) is 127 Å². The third-order valence-corrected chi connectivity index (χ3v) is 10.2. The predicted octanol–water partition coefficient (Wildman–Crippen LogP) is 8.06. The zero-order chi connectivity index (χ0) is 40.1. The summed E-state index contributed by atoms with van der Waals surface area (Å²) in [7, 11) is 4.30. The second kappa shape index (κ2) is 17.4. The van der Waals surface area contributed by atoms with E-state index in [4.69, 9.17) is 9.47 Å². The number of hydrogen-bond donors (Lipinski definition) is 2. The molecule has 0 aliphatic heterocycles. The zero-order valence-corrected chi connectivity index (χ0v) is 34.1. The highest BCUT2D eigenvalue weighted by Gasteiger charge is 2.25. The largest absolute Gasteiger partial charge is 0.494 e. The summed E-state index contributed by atoms with van der Waals surface area (Å²) in [6.07, 6.45) is 0.166. The molecule has 55 heavy (non-hydrogen) atoms. The Hall–Kier alpha value is -5.34. The number of amides is 2. The van der Waals surface area contributed by atoms with Gasteiger partial charge in [0.1, 0.15) is 0 Å². The van der Waals surface area contributed by atoms with Crippen molar-refractivity contribution in [2.24, 2.45) is 0 Å². The van der Waals surface area contributed by atoms with Crippen molar-refractivity contribution < 1.29 is 37.4 Å². The number of nitrogens with zero attached hydrogens (tertiary/aromatic N) is 2. The molecule has 2 amide bonds. The first-order valence-electron chi connectivity index (χ1n) is 17.1. The first-order valence-corrected chi connectivity index (χ1v) is 18.7. The second-order valence-electron chi connectivity index (χ2n) is 12.4. The van der Waals surface area contributed by atoms with E-state index in [0.29, 0.717) is 62.0 Å². The average molecular weight is 881 g/mol. The van der Waals surface area contributed by atoms with Crippen LogP contribution in [0.4, 0.5) is 8.78 Å². The van der Waals surface area contributed by atoms with Crippen LogP contribution in [0.15, 0.2) is 81.7 Å². The summed E-state index contributed by atoms with van der Waals surface area (Å²) < 4.78 is 43.5. The lowest BCUT2D eigenvalue weighted by Crippen LogP contribution is -2.24. The van der Waals surface area contributed by atoms with Gasteiger partial charge in [-0.1, -0.05) is 31.9 Å². The summed E-state index contributed by atoms with van der Waals surface area (Å²) in [5.74, 6) is -1.95. The van der Waals surface area contributed by atoms with E-state index >= 15 is 0 Å². The number of aromatic nitrogens is 2. The fraction of sp³-hybridized carbons (Fsp3) is 0.220. The maximum absolute atomic E-state index is 14.4. The molecule has 10 nitrogen and oxygen atoms in total. The quantitative estimate of drug-likeness (QED) is 0.152. The molecular weight excluding hydrogens is 842 g/mol. The van der Waals surface area contributed by atoms with Gasteiger partial charge in [-0.3, -0.25) is 28.3 Å². The van der Waals surface area contributed by atoms with Crippen LogP contribution in [0, 0.1) is 25.5 Å². The lowest BCUT2D eigenvalue weighted by Gasteiger charge is -2.08. The Morgan fingerprint density at radius 2 is 1.04 bits per heavy atom. The fourth-order valence-corrected chi connectivity index (χ4v) is 6.88. The van der Waals surface area contributed by atoms with Gasteiger partial charge in [0, 0.05) is 68.0 Å². The number of methoxy groups -OCH3 is 2. The van der Waals surface area contributed by atoms with E-state index in [9.17, 15) is 28.0 Å². The zero-order valence-electron chi connectivity index (χ0n) is 30.9. The Balaban J connectivity index is 0.000000211. The Labute approximate surface area is 333 Å². The lowest BCUT2D eigenvalue weighted by atomic mass is 10.1. The van der Waals surface area contributed by atoms with Crippen LogP contribution >= 0.6 is 31.9 Å². The molecular formula is C41H38Br2F2N4O6. The SMILES string of the molecule is CCNC(=O)Cc1c(C)n(C(=O)c2ccc(Br)cc2)c2cc(F)c(OC)cc12.CNC(=O)Cc1c(C)n(C(=O)c2ccc(Br)cc2)c2cc(F)c(OC)cc12. The second-order valence-corrected chi connectivity index (χ2v) is 14.2. The summed E-state index contributed by atoms with van der Waals surface area (Å²) >= 11 is 6.69. The van der Waals surface area contributed by atoms with Crippen LogP contribution in [-0.4, -0.2) is 60.6 Å². The summed E-state index contributed by atoms with van der Waals surface area (Å²) in [4.78, 5) is 50.5. The van der Waals surface area contributed by atoms with Crippen molar-refractivity contribution in [1.82, 2.24) is 19.8 Å². The number of benzene rings is 4. The molecule has 0 aliphatic rings. The van der Waals surface area contributed by atoms with Crippen molar-refractivity contribution in [2.75, 3.05) is 27.8 Å². The van der Waals surface area contributed by atoms with Crippen LogP contribution in [-0.2, 0) is 22.4 Å². The minimum atomic E-state index is -0.571. The number of halogens is 4. The number of carbonyl (C=O) groups excluding carboxylic acids is 4. The highest BCUT2D eigenvalue weighted by molar-refractivity contribution is 9.10. The summed E-state index contributed by atoms with van der Waals surface area (Å²) in [5, 5.41) is 6.57. The number of carbonyl (C=O) groups is 4. The average Bonchev–Trinajstić information content (AvgIpc) is 3.58. The molecule has 286 valence electrons. The van der Waals surface area contributed by atoms with Gasteiger partial charge in [-0.05, 0) is 92.6 Å². The van der Waals surface area contributed by atoms with Crippen LogP contribution < -0.4 is 20.1 Å². The van der Waals surface area contributed by atoms with Gasteiger partial charge in [-0.15, -0.1) is 0 Å². The summed E-state index contributed by atoms with van der Waals surface area (Å²) in [5.41, 5.74) is 4.25. The molecule has 14 heteroatoms. The van der Waals surface area contributed by atoms with Crippen LogP contribution in [0.2, 0.25) is 0 Å². The number of likely N-dealkylation sites (N-methyl/N-ethyl adjacent to an activating group) is 2. The molecule has 0 spiro atoms. The number of hydrogen-bond acceptors (Lipinski definition) is 6. The fourth-order valence-electron chi connectivity index (χ4n) is 6.36. The molecule has 0 saturated carbocycles. The highest BCUT2D eigenvalue weighted by Crippen LogP contribution is 2.34. The molecule has 0 saturated heterocycles. The van der Waals surface area contributed by atoms with Gasteiger partial charge in [0.05, 0.1) is 38.1 Å². The van der Waals surface area contributed by atoms with Crippen LogP contribution in [0.1, 0.15) is 50.2 Å². The van der Waals surface area contributed by atoms with Gasteiger partial charge in [0.15, 0.2) is 23.1 Å². The molecule has 0 unspecified atom stereocenters. The predicted molar refractivity (Wildman–Crippen MR) is 214 cm³/mol. The first kappa shape index (κ1) is 40.8. The maximum atomic E-state index is 14.4. The number of ether oxygens (including phenoxy) is 2. The molecule has 2 N–H and O–H groups in total. The van der Waals surface area contributed by atoms with Crippen molar-refractivity contribution in [3.63, 3.8) is 0 Å². The topological polar surface area (TPSA) is 121 Å². The standard InChI is InChI=1S/C21H20BrFN2O3.C20H18BrFN2O3/c1-4-24-20(26)10-15-12(2)25(21(27)13-5-7-14(22)8-6-13)18-11-17(23)19(28-3)9-16(15)18;1-11-14(9-19(25)23-2)15-8-18(27-3)16(22)10-17(15)24(11)20(26)12-4-6-13(21)7-5-12/h5-9,11H,4,10H2,1-3H3,(H,24,26);4-8,10H,9H2,1-3H3,(H,23,25). The monoisotopic (exact) mass is 878 g/mol. The minimum Gasteiger partial charge on any atom is -0.494 e. The van der Waals surface area contributed by atoms with Gasteiger partial charge in [-0.2, -0.15) is 0 Å². The number of rotatable bonds is 9. The molecule has 0 bridgehead atoms. The molecule has 4 aromatic carbocycles. The Morgan fingerprint density at radius 1 is 0.655 bits per heavy atom. The third kappa shape index (κ3) is 8.50. The van der Waals surface area contributed by atoms with E-state index in [2.05, 4.69) is 42.5 Å². The molecule has 0 aliphatic carbocycles. The molecule has 6 rings (SSSR count). The van der Waals surface area contributed by atoms with E-state index in [-0.39, 0.29) is 48.0 Å². The first-order chi connectivity index (χ1) is 26.2. The highest BCUT2D eigenvalue weighted by atomic mass is 79.9. The van der Waals surface area contributed by atoms with Gasteiger partial charge in [0.2, 0.25) is 11.8 Å². The maximum Gasteiger partial charge on any atom is 0.262 e. The Kier molecular flexibility index (Phi) is 12.9. The molecule has 2 aromatic heterocycles. The minimum absolute atomic E-state index is 0.0638. The van der Waals surface area contributed by atoms with E-state index in [0.717, 1.165) is 8.95 Å². The van der Waals surface area contributed by atoms with E-state index in [1.54, 1.807) is 69.4 Å². The van der Waals surface area contributed by atoms with Gasteiger partial charge in [-0.25, -0.2) is 8.78 Å². The molecule has 0 fully saturated rings. The normalized spacial score (nSPS) is 10.9. The number of nitrogens with one attached hydrogen (secondary N) is 2. The Morgan fingerprint density at radius 3 is 1.38 bits per heavy atom.